The van der Waals surface area contributed by atoms with E-state index >= 15 is 0 Å². The normalized spacial score (nSPS) is 13.5. The second-order valence-electron chi connectivity index (χ2n) is 5.26. The van der Waals surface area contributed by atoms with E-state index in [1.54, 1.807) is 12.3 Å². The van der Waals surface area contributed by atoms with Crippen LogP contribution in [0, 0.1) is 0 Å². The van der Waals surface area contributed by atoms with Crippen molar-refractivity contribution in [2.24, 2.45) is 0 Å². The van der Waals surface area contributed by atoms with Gasteiger partial charge in [-0.2, -0.15) is 0 Å². The Balaban J connectivity index is 1.60. The molecule has 0 radical (unpaired) electrons. The van der Waals surface area contributed by atoms with Gasteiger partial charge < -0.3 is 15.4 Å². The highest BCUT2D eigenvalue weighted by atomic mass is 16.5. The molecule has 1 aromatic carbocycles. The summed E-state index contributed by atoms with van der Waals surface area (Å²) in [5, 5.41) is 6.16. The first-order chi connectivity index (χ1) is 10.7. The summed E-state index contributed by atoms with van der Waals surface area (Å²) in [5.41, 5.74) is 2.07. The number of carbonyl (C=O) groups is 1. The van der Waals surface area contributed by atoms with Crippen molar-refractivity contribution in [3.05, 3.63) is 48.3 Å². The minimum Gasteiger partial charge on any atom is -0.494 e. The molecule has 0 bridgehead atoms. The molecule has 0 unspecified atom stereocenters. The Hall–Kier alpha value is -2.56. The number of aromatic nitrogens is 1. The van der Waals surface area contributed by atoms with Gasteiger partial charge in [0, 0.05) is 11.7 Å². The van der Waals surface area contributed by atoms with Gasteiger partial charge in [-0.15, -0.1) is 0 Å². The number of hydrogen-bond donors (Lipinski definition) is 2. The van der Waals surface area contributed by atoms with Gasteiger partial charge >= 0.3 is 0 Å². The fourth-order valence-corrected chi connectivity index (χ4v) is 2.07. The highest BCUT2D eigenvalue weighted by Gasteiger charge is 2.20. The lowest BCUT2D eigenvalue weighted by Gasteiger charge is -2.08. The summed E-state index contributed by atoms with van der Waals surface area (Å²) in [6.07, 6.45) is 4.12. The zero-order chi connectivity index (χ0) is 15.4. The quantitative estimate of drug-likeness (QED) is 0.858. The molecule has 0 saturated heterocycles. The van der Waals surface area contributed by atoms with Gasteiger partial charge in [0.1, 0.15) is 11.4 Å². The van der Waals surface area contributed by atoms with Crippen LogP contribution in [0.25, 0.3) is 0 Å². The van der Waals surface area contributed by atoms with Crippen LogP contribution < -0.4 is 15.4 Å². The van der Waals surface area contributed by atoms with Gasteiger partial charge in [0.2, 0.25) is 0 Å². The van der Waals surface area contributed by atoms with Crippen LogP contribution in [0.3, 0.4) is 0 Å². The lowest BCUT2D eigenvalue weighted by atomic mass is 10.2. The highest BCUT2D eigenvalue weighted by molar-refractivity contribution is 6.02. The monoisotopic (exact) mass is 297 g/mol. The molecule has 3 rings (SSSR count). The third-order valence-corrected chi connectivity index (χ3v) is 3.37. The molecular weight excluding hydrogens is 278 g/mol. The van der Waals surface area contributed by atoms with Crippen molar-refractivity contribution < 1.29 is 9.53 Å². The highest BCUT2D eigenvalue weighted by Crippen LogP contribution is 2.24. The number of nitrogens with zero attached hydrogens (tertiary/aromatic N) is 1. The maximum atomic E-state index is 12.1. The molecule has 2 aromatic rings. The number of pyridine rings is 1. The van der Waals surface area contributed by atoms with Crippen molar-refractivity contribution in [2.45, 2.75) is 25.8 Å². The van der Waals surface area contributed by atoms with E-state index < -0.39 is 0 Å². The molecule has 1 saturated carbocycles. The number of benzene rings is 1. The minimum atomic E-state index is -0.220. The van der Waals surface area contributed by atoms with E-state index in [9.17, 15) is 4.79 Å². The fraction of sp³-hybridized carbons (Fsp3) is 0.294. The third kappa shape index (κ3) is 3.75. The largest absolute Gasteiger partial charge is 0.494 e. The average Bonchev–Trinajstić information content (AvgIpc) is 3.34. The Kier molecular flexibility index (Phi) is 4.23. The number of hydrogen-bond acceptors (Lipinski definition) is 4. The van der Waals surface area contributed by atoms with E-state index in [1.165, 1.54) is 12.8 Å². The van der Waals surface area contributed by atoms with Gasteiger partial charge in [-0.25, -0.2) is 4.98 Å². The molecule has 114 valence electrons. The van der Waals surface area contributed by atoms with E-state index in [2.05, 4.69) is 15.6 Å². The summed E-state index contributed by atoms with van der Waals surface area (Å²) < 4.78 is 5.37. The molecule has 1 amide bonds. The zero-order valence-corrected chi connectivity index (χ0v) is 12.5. The molecule has 1 aliphatic rings. The van der Waals surface area contributed by atoms with Crippen molar-refractivity contribution in [1.29, 1.82) is 0 Å². The lowest BCUT2D eigenvalue weighted by Crippen LogP contribution is -2.13. The minimum absolute atomic E-state index is 0.220. The van der Waals surface area contributed by atoms with Crippen molar-refractivity contribution in [3.8, 4) is 5.75 Å². The Morgan fingerprint density at radius 2 is 1.91 bits per heavy atom. The molecule has 0 spiro atoms. The maximum absolute atomic E-state index is 12.1. The second-order valence-corrected chi connectivity index (χ2v) is 5.26. The predicted octanol–water partition coefficient (Wildman–Crippen LogP) is 3.31. The Morgan fingerprint density at radius 1 is 1.18 bits per heavy atom. The first-order valence-electron chi connectivity index (χ1n) is 7.51. The van der Waals surface area contributed by atoms with E-state index in [1.807, 2.05) is 37.3 Å². The summed E-state index contributed by atoms with van der Waals surface area (Å²) in [6.45, 7) is 2.56. The molecule has 1 fully saturated rings. The van der Waals surface area contributed by atoms with E-state index in [-0.39, 0.29) is 5.91 Å². The second kappa shape index (κ2) is 6.47. The number of ether oxygens (including phenoxy) is 1. The first-order valence-corrected chi connectivity index (χ1v) is 7.51. The number of amides is 1. The molecule has 0 aliphatic heterocycles. The summed E-state index contributed by atoms with van der Waals surface area (Å²) in [4.78, 5) is 16.3. The number of nitrogens with one attached hydrogen (secondary N) is 2. The topological polar surface area (TPSA) is 63.2 Å². The average molecular weight is 297 g/mol. The molecule has 1 aliphatic carbocycles. The zero-order valence-electron chi connectivity index (χ0n) is 12.5. The van der Waals surface area contributed by atoms with Gasteiger partial charge in [-0.05, 0) is 56.2 Å². The van der Waals surface area contributed by atoms with E-state index in [0.29, 0.717) is 18.3 Å². The standard InChI is InChI=1S/C17H19N3O2/c1-2-22-15-8-5-13(6-9-15)20-17(21)16-10-7-14(11-18-16)19-12-3-4-12/h5-12,19H,2-4H2,1H3,(H,20,21). The van der Waals surface area contributed by atoms with Gasteiger partial charge in [-0.1, -0.05) is 0 Å². The van der Waals surface area contributed by atoms with Crippen LogP contribution in [0.5, 0.6) is 5.75 Å². The number of carbonyl (C=O) groups excluding carboxylic acids is 1. The summed E-state index contributed by atoms with van der Waals surface area (Å²) in [5.74, 6) is 0.566. The van der Waals surface area contributed by atoms with E-state index in [0.717, 1.165) is 17.1 Å². The van der Waals surface area contributed by atoms with Gasteiger partial charge in [0.05, 0.1) is 18.5 Å². The molecular formula is C17H19N3O2. The van der Waals surface area contributed by atoms with E-state index in [4.69, 9.17) is 4.74 Å². The van der Waals surface area contributed by atoms with Crippen LogP contribution >= 0.6 is 0 Å². The Bertz CT molecular complexity index is 634. The van der Waals surface area contributed by atoms with Crippen LogP contribution in [0.4, 0.5) is 11.4 Å². The van der Waals surface area contributed by atoms with Crippen LogP contribution in [-0.2, 0) is 0 Å². The van der Waals surface area contributed by atoms with Gasteiger partial charge in [-0.3, -0.25) is 4.79 Å². The molecule has 5 nitrogen and oxygen atoms in total. The maximum Gasteiger partial charge on any atom is 0.274 e. The van der Waals surface area contributed by atoms with Crippen molar-refractivity contribution in [1.82, 2.24) is 4.98 Å². The Labute approximate surface area is 129 Å². The SMILES string of the molecule is CCOc1ccc(NC(=O)c2ccc(NC3CC3)cn2)cc1. The fourth-order valence-electron chi connectivity index (χ4n) is 2.07. The van der Waals surface area contributed by atoms with Crippen LogP contribution in [0.15, 0.2) is 42.6 Å². The van der Waals surface area contributed by atoms with Crippen LogP contribution in [-0.4, -0.2) is 23.5 Å². The summed E-state index contributed by atoms with van der Waals surface area (Å²) >= 11 is 0. The van der Waals surface area contributed by atoms with Crippen LogP contribution in [0.2, 0.25) is 0 Å². The molecule has 1 heterocycles. The third-order valence-electron chi connectivity index (χ3n) is 3.37. The van der Waals surface area contributed by atoms with Crippen molar-refractivity contribution in [2.75, 3.05) is 17.2 Å². The van der Waals surface area contributed by atoms with Crippen LogP contribution in [0.1, 0.15) is 30.3 Å². The molecule has 5 heteroatoms. The summed E-state index contributed by atoms with van der Waals surface area (Å²) in [6, 6.07) is 11.5. The smallest absolute Gasteiger partial charge is 0.274 e. The number of anilines is 2. The molecule has 2 N–H and O–H groups in total. The molecule has 22 heavy (non-hydrogen) atoms. The Morgan fingerprint density at radius 3 is 2.50 bits per heavy atom. The van der Waals surface area contributed by atoms with Crippen molar-refractivity contribution in [3.63, 3.8) is 0 Å². The van der Waals surface area contributed by atoms with Gasteiger partial charge in [0.25, 0.3) is 5.91 Å². The lowest BCUT2D eigenvalue weighted by molar-refractivity contribution is 0.102. The number of rotatable bonds is 6. The first kappa shape index (κ1) is 14.4. The molecule has 0 atom stereocenters. The molecule has 1 aromatic heterocycles. The van der Waals surface area contributed by atoms with Gasteiger partial charge in [0.15, 0.2) is 0 Å². The predicted molar refractivity (Wildman–Crippen MR) is 86.4 cm³/mol. The van der Waals surface area contributed by atoms with Crippen molar-refractivity contribution >= 4 is 17.3 Å². The summed E-state index contributed by atoms with van der Waals surface area (Å²) in [7, 11) is 0.